The second-order valence-corrected chi connectivity index (χ2v) is 3.65. The highest BCUT2D eigenvalue weighted by Gasteiger charge is 1.97. The van der Waals surface area contributed by atoms with Crippen LogP contribution in [-0.4, -0.2) is 13.6 Å². The highest BCUT2D eigenvalue weighted by molar-refractivity contribution is 6.32. The Hall–Kier alpha value is -0.790. The van der Waals surface area contributed by atoms with Crippen LogP contribution in [0.2, 0.25) is 5.02 Å². The van der Waals surface area contributed by atoms with E-state index in [-0.39, 0.29) is 0 Å². The Morgan fingerprint density at radius 3 is 2.93 bits per heavy atom. The van der Waals surface area contributed by atoms with Crippen LogP contribution in [0.15, 0.2) is 24.3 Å². The molecule has 0 atom stereocenters. The predicted molar refractivity (Wildman–Crippen MR) is 63.8 cm³/mol. The Balaban J connectivity index is 2.67. The molecule has 0 fully saturated rings. The van der Waals surface area contributed by atoms with E-state index in [4.69, 9.17) is 11.6 Å². The van der Waals surface area contributed by atoms with Crippen molar-refractivity contribution >= 4 is 17.7 Å². The van der Waals surface area contributed by atoms with E-state index in [1.807, 2.05) is 32.2 Å². The molecule has 2 heteroatoms. The van der Waals surface area contributed by atoms with Gasteiger partial charge in [-0.15, -0.1) is 0 Å². The van der Waals surface area contributed by atoms with Gasteiger partial charge in [0.05, 0.1) is 5.02 Å². The maximum Gasteiger partial charge on any atom is 0.0507 e. The number of hydrogen-bond acceptors (Lipinski definition) is 1. The quantitative estimate of drug-likeness (QED) is 0.751. The average molecular weight is 210 g/mol. The molecule has 0 aliphatic carbocycles. The summed E-state index contributed by atoms with van der Waals surface area (Å²) in [5.74, 6) is 0. The van der Waals surface area contributed by atoms with Crippen molar-refractivity contribution in [3.8, 4) is 0 Å². The van der Waals surface area contributed by atoms with Gasteiger partial charge in [0.25, 0.3) is 0 Å². The van der Waals surface area contributed by atoms with Crippen molar-refractivity contribution in [3.05, 3.63) is 40.4 Å². The van der Waals surface area contributed by atoms with Crippen LogP contribution in [-0.2, 0) is 0 Å². The maximum atomic E-state index is 6.14. The fraction of sp³-hybridized carbons (Fsp3) is 0.333. The summed E-state index contributed by atoms with van der Waals surface area (Å²) in [7, 11) is 1.95. The summed E-state index contributed by atoms with van der Waals surface area (Å²) in [5.41, 5.74) is 2.23. The van der Waals surface area contributed by atoms with Crippen molar-refractivity contribution < 1.29 is 0 Å². The number of rotatable bonds is 4. The largest absolute Gasteiger partial charge is 0.319 e. The lowest BCUT2D eigenvalue weighted by Crippen LogP contribution is -2.05. The minimum absolute atomic E-state index is 0.855. The second kappa shape index (κ2) is 5.84. The number of halogens is 1. The molecule has 0 bridgehead atoms. The first kappa shape index (κ1) is 11.3. The van der Waals surface area contributed by atoms with E-state index in [0.717, 1.165) is 29.1 Å². The third-order valence-corrected chi connectivity index (χ3v) is 2.60. The molecule has 0 heterocycles. The van der Waals surface area contributed by atoms with Gasteiger partial charge in [-0.2, -0.15) is 0 Å². The molecule has 1 aromatic rings. The van der Waals surface area contributed by atoms with E-state index in [0.29, 0.717) is 0 Å². The number of hydrogen-bond donors (Lipinski definition) is 1. The molecule has 0 radical (unpaired) electrons. The Labute approximate surface area is 90.8 Å². The Morgan fingerprint density at radius 1 is 1.43 bits per heavy atom. The van der Waals surface area contributed by atoms with Gasteiger partial charge < -0.3 is 5.32 Å². The lowest BCUT2D eigenvalue weighted by Gasteiger charge is -2.01. The number of nitrogens with one attached hydrogen (secondary N) is 1. The fourth-order valence-electron chi connectivity index (χ4n) is 1.24. The van der Waals surface area contributed by atoms with Gasteiger partial charge in [0.2, 0.25) is 0 Å². The van der Waals surface area contributed by atoms with Gasteiger partial charge in [0.15, 0.2) is 0 Å². The summed E-state index contributed by atoms with van der Waals surface area (Å²) in [6.07, 6.45) is 5.24. The molecule has 0 amide bonds. The first-order chi connectivity index (χ1) is 6.75. The van der Waals surface area contributed by atoms with Crippen molar-refractivity contribution in [3.63, 3.8) is 0 Å². The lowest BCUT2D eigenvalue weighted by molar-refractivity contribution is 0.809. The van der Waals surface area contributed by atoms with Gasteiger partial charge in [-0.25, -0.2) is 0 Å². The third-order valence-electron chi connectivity index (χ3n) is 2.08. The van der Waals surface area contributed by atoms with Gasteiger partial charge >= 0.3 is 0 Å². The predicted octanol–water partition coefficient (Wildman–Crippen LogP) is 3.27. The highest BCUT2D eigenvalue weighted by Crippen LogP contribution is 2.21. The SMILES string of the molecule is CNCCC=Cc1cccc(C)c1Cl. The van der Waals surface area contributed by atoms with Gasteiger partial charge in [0.1, 0.15) is 0 Å². The second-order valence-electron chi connectivity index (χ2n) is 3.27. The number of benzene rings is 1. The van der Waals surface area contributed by atoms with Crippen LogP contribution >= 0.6 is 11.6 Å². The van der Waals surface area contributed by atoms with Gasteiger partial charge in [-0.3, -0.25) is 0 Å². The van der Waals surface area contributed by atoms with Crippen LogP contribution in [0.5, 0.6) is 0 Å². The van der Waals surface area contributed by atoms with Crippen LogP contribution in [0.3, 0.4) is 0 Å². The van der Waals surface area contributed by atoms with E-state index in [1.165, 1.54) is 0 Å². The molecular weight excluding hydrogens is 194 g/mol. The fourth-order valence-corrected chi connectivity index (χ4v) is 1.43. The summed E-state index contributed by atoms with van der Waals surface area (Å²) >= 11 is 6.14. The minimum Gasteiger partial charge on any atom is -0.319 e. The van der Waals surface area contributed by atoms with E-state index in [2.05, 4.69) is 17.5 Å². The number of aryl methyl sites for hydroxylation is 1. The monoisotopic (exact) mass is 209 g/mol. The van der Waals surface area contributed by atoms with Gasteiger partial charge in [-0.05, 0) is 38.1 Å². The summed E-state index contributed by atoms with van der Waals surface area (Å²) < 4.78 is 0. The minimum atomic E-state index is 0.855. The van der Waals surface area contributed by atoms with Crippen molar-refractivity contribution in [1.29, 1.82) is 0 Å². The van der Waals surface area contributed by atoms with Crippen LogP contribution in [0.25, 0.3) is 6.08 Å². The average Bonchev–Trinajstić information content (AvgIpc) is 2.19. The molecule has 0 spiro atoms. The molecule has 14 heavy (non-hydrogen) atoms. The molecule has 0 aromatic heterocycles. The van der Waals surface area contributed by atoms with E-state index in [1.54, 1.807) is 0 Å². The standard InChI is InChI=1S/C12H16ClN/c1-10-6-5-8-11(12(10)13)7-3-4-9-14-2/h3,5-8,14H,4,9H2,1-2H3. The van der Waals surface area contributed by atoms with Crippen LogP contribution in [0, 0.1) is 6.92 Å². The zero-order valence-electron chi connectivity index (χ0n) is 8.68. The molecule has 1 rings (SSSR count). The van der Waals surface area contributed by atoms with Crippen molar-refractivity contribution in [1.82, 2.24) is 5.32 Å². The lowest BCUT2D eigenvalue weighted by atomic mass is 10.1. The third kappa shape index (κ3) is 3.17. The molecule has 1 aromatic carbocycles. The summed E-state index contributed by atoms with van der Waals surface area (Å²) in [4.78, 5) is 0. The Bertz CT molecular complexity index is 318. The maximum absolute atomic E-state index is 6.14. The molecule has 0 saturated carbocycles. The molecule has 76 valence electrons. The molecule has 0 unspecified atom stereocenters. The van der Waals surface area contributed by atoms with Crippen molar-refractivity contribution in [2.75, 3.05) is 13.6 Å². The molecule has 0 aliphatic rings. The first-order valence-electron chi connectivity index (χ1n) is 4.82. The van der Waals surface area contributed by atoms with Gasteiger partial charge in [-0.1, -0.05) is 42.0 Å². The molecular formula is C12H16ClN. The zero-order valence-corrected chi connectivity index (χ0v) is 9.43. The van der Waals surface area contributed by atoms with Gasteiger partial charge in [0, 0.05) is 0 Å². The first-order valence-corrected chi connectivity index (χ1v) is 5.19. The topological polar surface area (TPSA) is 12.0 Å². The molecule has 0 aliphatic heterocycles. The highest BCUT2D eigenvalue weighted by atomic mass is 35.5. The van der Waals surface area contributed by atoms with E-state index >= 15 is 0 Å². The summed E-state index contributed by atoms with van der Waals surface area (Å²) in [6, 6.07) is 6.08. The summed E-state index contributed by atoms with van der Waals surface area (Å²) in [5, 5.41) is 3.95. The smallest absolute Gasteiger partial charge is 0.0507 e. The van der Waals surface area contributed by atoms with Crippen LogP contribution in [0.1, 0.15) is 17.5 Å². The van der Waals surface area contributed by atoms with Crippen LogP contribution in [0.4, 0.5) is 0 Å². The molecule has 1 nitrogen and oxygen atoms in total. The Morgan fingerprint density at radius 2 is 2.21 bits per heavy atom. The van der Waals surface area contributed by atoms with Crippen molar-refractivity contribution in [2.45, 2.75) is 13.3 Å². The summed E-state index contributed by atoms with van der Waals surface area (Å²) in [6.45, 7) is 3.02. The Kier molecular flexibility index (Phi) is 4.71. The molecule has 1 N–H and O–H groups in total. The molecule has 0 saturated heterocycles. The van der Waals surface area contributed by atoms with Crippen LogP contribution < -0.4 is 5.32 Å². The van der Waals surface area contributed by atoms with E-state index in [9.17, 15) is 0 Å². The van der Waals surface area contributed by atoms with E-state index < -0.39 is 0 Å². The zero-order chi connectivity index (χ0) is 10.4. The normalized spacial score (nSPS) is 11.1. The van der Waals surface area contributed by atoms with Crippen molar-refractivity contribution in [2.24, 2.45) is 0 Å².